The van der Waals surface area contributed by atoms with E-state index in [1.165, 1.54) is 0 Å². The molecule has 1 rings (SSSR count). The highest BCUT2D eigenvalue weighted by Crippen LogP contribution is 2.11. The smallest absolute Gasteiger partial charge is 0.408 e. The van der Waals surface area contributed by atoms with E-state index in [1.54, 1.807) is 32.9 Å². The molecule has 0 heterocycles. The lowest BCUT2D eigenvalue weighted by atomic mass is 10.1. The topological polar surface area (TPSA) is 102 Å². The third-order valence-corrected chi connectivity index (χ3v) is 3.08. The Morgan fingerprint density at radius 2 is 1.80 bits per heavy atom. The minimum Gasteiger partial charge on any atom is -0.458 e. The Balaban J connectivity index is 2.62. The number of alkyl carbamates (subject to hydrolysis) is 1. The average Bonchev–Trinajstić information content (AvgIpc) is 2.55. The number of aliphatic hydroxyl groups is 1. The first-order valence-corrected chi connectivity index (χ1v) is 8.04. The van der Waals surface area contributed by atoms with Crippen molar-refractivity contribution in [2.45, 2.75) is 51.9 Å². The Bertz CT molecular complexity index is 579. The van der Waals surface area contributed by atoms with Gasteiger partial charge in [-0.3, -0.25) is 4.79 Å². The Hall–Kier alpha value is -2.41. The number of ketones is 1. The molecule has 0 saturated heterocycles. The molecule has 0 unspecified atom stereocenters. The van der Waals surface area contributed by atoms with Crippen molar-refractivity contribution in [1.82, 2.24) is 5.32 Å². The van der Waals surface area contributed by atoms with Crippen LogP contribution in [0.5, 0.6) is 0 Å². The Morgan fingerprint density at radius 1 is 1.16 bits per heavy atom. The molecule has 0 aliphatic carbocycles. The standard InChI is InChI=1S/C18H25NO6/c1-18(2,3)25-16(22)15(10-9-14(21)11-20)19-17(23)24-12-13-7-5-4-6-8-13/h4-8,15,20H,9-12H2,1-3H3,(H,19,23)/t15-/m0/s1. The maximum Gasteiger partial charge on any atom is 0.408 e. The summed E-state index contributed by atoms with van der Waals surface area (Å²) in [5.41, 5.74) is 0.0771. The lowest BCUT2D eigenvalue weighted by Gasteiger charge is -2.24. The van der Waals surface area contributed by atoms with E-state index >= 15 is 0 Å². The summed E-state index contributed by atoms with van der Waals surface area (Å²) in [4.78, 5) is 35.4. The molecule has 0 spiro atoms. The van der Waals surface area contributed by atoms with Crippen molar-refractivity contribution in [2.75, 3.05) is 6.61 Å². The largest absolute Gasteiger partial charge is 0.458 e. The Morgan fingerprint density at radius 3 is 2.36 bits per heavy atom. The van der Waals surface area contributed by atoms with Gasteiger partial charge in [0, 0.05) is 6.42 Å². The molecule has 0 radical (unpaired) electrons. The lowest BCUT2D eigenvalue weighted by molar-refractivity contribution is -0.157. The molecule has 7 heteroatoms. The molecule has 0 aliphatic rings. The van der Waals surface area contributed by atoms with Crippen LogP contribution in [0.25, 0.3) is 0 Å². The van der Waals surface area contributed by atoms with Crippen LogP contribution < -0.4 is 5.32 Å². The van der Waals surface area contributed by atoms with Crippen molar-refractivity contribution in [2.24, 2.45) is 0 Å². The zero-order valence-electron chi connectivity index (χ0n) is 14.8. The summed E-state index contributed by atoms with van der Waals surface area (Å²) in [6.45, 7) is 4.56. The van der Waals surface area contributed by atoms with Gasteiger partial charge in [-0.1, -0.05) is 30.3 Å². The molecule has 1 aromatic carbocycles. The molecule has 1 aromatic rings. The fourth-order valence-electron chi connectivity index (χ4n) is 1.91. The van der Waals surface area contributed by atoms with Crippen LogP contribution in [0.15, 0.2) is 30.3 Å². The number of ether oxygens (including phenoxy) is 2. The van der Waals surface area contributed by atoms with Gasteiger partial charge in [-0.15, -0.1) is 0 Å². The van der Waals surface area contributed by atoms with Crippen molar-refractivity contribution in [3.05, 3.63) is 35.9 Å². The van der Waals surface area contributed by atoms with E-state index in [9.17, 15) is 14.4 Å². The highest BCUT2D eigenvalue weighted by Gasteiger charge is 2.27. The van der Waals surface area contributed by atoms with Gasteiger partial charge in [0.1, 0.15) is 24.9 Å². The number of Topliss-reactive ketones (excluding diaryl/α,β-unsaturated/α-hetero) is 1. The second-order valence-corrected chi connectivity index (χ2v) is 6.53. The highest BCUT2D eigenvalue weighted by atomic mass is 16.6. The minimum absolute atomic E-state index is 0.0226. The van der Waals surface area contributed by atoms with E-state index in [1.807, 2.05) is 18.2 Å². The zero-order valence-corrected chi connectivity index (χ0v) is 14.8. The van der Waals surface area contributed by atoms with Gasteiger partial charge in [0.15, 0.2) is 5.78 Å². The molecular weight excluding hydrogens is 326 g/mol. The molecule has 0 aliphatic heterocycles. The molecule has 1 amide bonds. The van der Waals surface area contributed by atoms with Crippen molar-refractivity contribution >= 4 is 17.8 Å². The fraction of sp³-hybridized carbons (Fsp3) is 0.500. The van der Waals surface area contributed by atoms with Crippen LogP contribution in [0.3, 0.4) is 0 Å². The number of amides is 1. The monoisotopic (exact) mass is 351 g/mol. The molecule has 0 bridgehead atoms. The number of esters is 1. The highest BCUT2D eigenvalue weighted by molar-refractivity contribution is 5.84. The van der Waals surface area contributed by atoms with Crippen LogP contribution in [0, 0.1) is 0 Å². The summed E-state index contributed by atoms with van der Waals surface area (Å²) in [6, 6.07) is 8.07. The number of benzene rings is 1. The molecule has 0 fully saturated rings. The van der Waals surface area contributed by atoms with Gasteiger partial charge in [-0.25, -0.2) is 9.59 Å². The summed E-state index contributed by atoms with van der Waals surface area (Å²) in [5.74, 6) is -1.08. The molecule has 2 N–H and O–H groups in total. The minimum atomic E-state index is -1.03. The quantitative estimate of drug-likeness (QED) is 0.694. The second-order valence-electron chi connectivity index (χ2n) is 6.53. The van der Waals surface area contributed by atoms with Gasteiger partial charge in [-0.05, 0) is 32.8 Å². The molecule has 138 valence electrons. The van der Waals surface area contributed by atoms with Crippen LogP contribution in [-0.4, -0.2) is 41.2 Å². The van der Waals surface area contributed by atoms with E-state index in [4.69, 9.17) is 14.6 Å². The lowest BCUT2D eigenvalue weighted by Crippen LogP contribution is -2.44. The van der Waals surface area contributed by atoms with Crippen molar-refractivity contribution in [1.29, 1.82) is 0 Å². The van der Waals surface area contributed by atoms with Crippen molar-refractivity contribution in [3.8, 4) is 0 Å². The SMILES string of the molecule is CC(C)(C)OC(=O)[C@H](CCC(=O)CO)NC(=O)OCc1ccccc1. The first-order valence-electron chi connectivity index (χ1n) is 8.04. The van der Waals surface area contributed by atoms with Gasteiger partial charge < -0.3 is 19.9 Å². The number of carbonyl (C=O) groups is 3. The van der Waals surface area contributed by atoms with Crippen molar-refractivity contribution in [3.63, 3.8) is 0 Å². The van der Waals surface area contributed by atoms with Crippen LogP contribution >= 0.6 is 0 Å². The first-order chi connectivity index (χ1) is 11.7. The predicted octanol–water partition coefficient (Wildman–Crippen LogP) is 1.96. The van der Waals surface area contributed by atoms with E-state index in [0.717, 1.165) is 5.56 Å². The molecule has 7 nitrogen and oxygen atoms in total. The fourth-order valence-corrected chi connectivity index (χ4v) is 1.91. The molecule has 1 atom stereocenters. The second kappa shape index (κ2) is 9.78. The number of carbonyl (C=O) groups excluding carboxylic acids is 3. The van der Waals surface area contributed by atoms with Gasteiger partial charge in [0.25, 0.3) is 0 Å². The van der Waals surface area contributed by atoms with Gasteiger partial charge in [0.2, 0.25) is 0 Å². The normalized spacial score (nSPS) is 12.2. The number of aliphatic hydroxyl groups excluding tert-OH is 1. The summed E-state index contributed by atoms with van der Waals surface area (Å²) in [6.07, 6.45) is -0.815. The third-order valence-electron chi connectivity index (χ3n) is 3.08. The first kappa shape index (κ1) is 20.6. The number of nitrogens with one attached hydrogen (secondary N) is 1. The molecule has 0 aromatic heterocycles. The number of hydrogen-bond donors (Lipinski definition) is 2. The van der Waals surface area contributed by atoms with E-state index < -0.39 is 36.1 Å². The molecular formula is C18H25NO6. The average molecular weight is 351 g/mol. The number of rotatable bonds is 8. The van der Waals surface area contributed by atoms with Crippen LogP contribution in [0.4, 0.5) is 4.79 Å². The van der Waals surface area contributed by atoms with Crippen molar-refractivity contribution < 1.29 is 29.0 Å². The van der Waals surface area contributed by atoms with Gasteiger partial charge in [-0.2, -0.15) is 0 Å². The Kier molecular flexibility index (Phi) is 8.07. The zero-order chi connectivity index (χ0) is 18.9. The van der Waals surface area contributed by atoms with E-state index in [2.05, 4.69) is 5.32 Å². The number of hydrogen-bond acceptors (Lipinski definition) is 6. The Labute approximate surface area is 147 Å². The van der Waals surface area contributed by atoms with Gasteiger partial charge >= 0.3 is 12.1 Å². The van der Waals surface area contributed by atoms with Gasteiger partial charge in [0.05, 0.1) is 0 Å². The maximum absolute atomic E-state index is 12.2. The van der Waals surface area contributed by atoms with Crippen LogP contribution in [-0.2, 0) is 25.7 Å². The summed E-state index contributed by atoms with van der Waals surface area (Å²) < 4.78 is 10.3. The third kappa shape index (κ3) is 8.85. The van der Waals surface area contributed by atoms with E-state index in [0.29, 0.717) is 0 Å². The predicted molar refractivity (Wildman–Crippen MR) is 90.7 cm³/mol. The van der Waals surface area contributed by atoms with Crippen LogP contribution in [0.2, 0.25) is 0 Å². The summed E-state index contributed by atoms with van der Waals surface area (Å²) >= 11 is 0. The van der Waals surface area contributed by atoms with E-state index in [-0.39, 0.29) is 19.4 Å². The molecule has 0 saturated carbocycles. The maximum atomic E-state index is 12.2. The summed E-state index contributed by atoms with van der Waals surface area (Å²) in [5, 5.41) is 11.2. The summed E-state index contributed by atoms with van der Waals surface area (Å²) in [7, 11) is 0. The molecule has 25 heavy (non-hydrogen) atoms. The van der Waals surface area contributed by atoms with Crippen LogP contribution in [0.1, 0.15) is 39.2 Å².